The number of aromatic hydroxyl groups is 1. The smallest absolute Gasteiger partial charge is 0.123 e. The van der Waals surface area contributed by atoms with Gasteiger partial charge < -0.3 is 5.11 Å². The minimum Gasteiger partial charge on any atom is -0.507 e. The maximum Gasteiger partial charge on any atom is 0.123 e. The van der Waals surface area contributed by atoms with Gasteiger partial charge in [-0.3, -0.25) is 0 Å². The maximum absolute atomic E-state index is 11.9. The lowest BCUT2D eigenvalue weighted by molar-refractivity contribution is 0.417. The Labute approximate surface area is 263 Å². The van der Waals surface area contributed by atoms with Crippen molar-refractivity contribution in [2.45, 2.75) is 207 Å². The van der Waals surface area contributed by atoms with Gasteiger partial charge in [0.1, 0.15) is 5.75 Å². The summed E-state index contributed by atoms with van der Waals surface area (Å²) in [4.78, 5) is 0. The molecule has 1 aromatic carbocycles. The number of hydrogen-bond donors (Lipinski definition) is 1. The molecule has 0 aliphatic heterocycles. The molecular weight excluding hydrogens is 516 g/mol. The van der Waals surface area contributed by atoms with Crippen molar-refractivity contribution in [1.29, 1.82) is 0 Å². The Hall–Kier alpha value is -0.890. The van der Waals surface area contributed by atoms with E-state index in [0.717, 1.165) is 24.0 Å². The number of phenols is 1. The SMILES string of the molecule is CCCCCCCCCCCCc1c(C=S)c(CCCCCCCCCCCC)c(C(C)(C)C)c(O)c1C(C)(C)C. The normalized spacial score (nSPS) is 12.3. The molecule has 0 fully saturated rings. The molecule has 1 nitrogen and oxygen atoms in total. The van der Waals surface area contributed by atoms with E-state index in [0.29, 0.717) is 5.75 Å². The quantitative estimate of drug-likeness (QED) is 0.102. The fourth-order valence-electron chi connectivity index (χ4n) is 6.72. The topological polar surface area (TPSA) is 20.2 Å². The van der Waals surface area contributed by atoms with Crippen LogP contribution >= 0.6 is 12.2 Å². The molecular formula is C39H70OS. The van der Waals surface area contributed by atoms with Crippen LogP contribution < -0.4 is 0 Å². The summed E-state index contributed by atoms with van der Waals surface area (Å²) < 4.78 is 0. The predicted octanol–water partition coefficient (Wildman–Crippen LogP) is 13.3. The first-order valence-corrected chi connectivity index (χ1v) is 18.3. The van der Waals surface area contributed by atoms with E-state index in [1.807, 2.05) is 5.37 Å². The summed E-state index contributed by atoms with van der Waals surface area (Å²) in [5, 5.41) is 13.9. The molecule has 0 aliphatic rings. The first-order chi connectivity index (χ1) is 19.5. The van der Waals surface area contributed by atoms with Crippen molar-refractivity contribution in [1.82, 2.24) is 0 Å². The molecule has 0 spiro atoms. The highest BCUT2D eigenvalue weighted by molar-refractivity contribution is 7.79. The molecule has 0 atom stereocenters. The fraction of sp³-hybridized carbons (Fsp3) is 0.821. The summed E-state index contributed by atoms with van der Waals surface area (Å²) in [5.74, 6) is 0.551. The van der Waals surface area contributed by atoms with Crippen molar-refractivity contribution in [2.75, 3.05) is 0 Å². The summed E-state index contributed by atoms with van der Waals surface area (Å²) in [6.45, 7) is 18.1. The van der Waals surface area contributed by atoms with Gasteiger partial charge in [-0.25, -0.2) is 0 Å². The van der Waals surface area contributed by atoms with Crippen LogP contribution in [0.5, 0.6) is 5.75 Å². The highest BCUT2D eigenvalue weighted by Crippen LogP contribution is 2.46. The summed E-state index contributed by atoms with van der Waals surface area (Å²) in [5.41, 5.74) is 5.96. The Morgan fingerprint density at radius 3 is 1.00 bits per heavy atom. The third-order valence-electron chi connectivity index (χ3n) is 8.91. The number of benzene rings is 1. The van der Waals surface area contributed by atoms with Crippen LogP contribution in [0.25, 0.3) is 0 Å². The van der Waals surface area contributed by atoms with Crippen molar-refractivity contribution in [3.05, 3.63) is 27.8 Å². The van der Waals surface area contributed by atoms with Gasteiger partial charge in [-0.1, -0.05) is 183 Å². The van der Waals surface area contributed by atoms with Crippen LogP contribution in [0.4, 0.5) is 0 Å². The molecule has 2 heteroatoms. The van der Waals surface area contributed by atoms with E-state index in [1.54, 1.807) is 0 Å². The molecule has 0 aliphatic carbocycles. The van der Waals surface area contributed by atoms with Crippen LogP contribution in [0.3, 0.4) is 0 Å². The second-order valence-electron chi connectivity index (χ2n) is 15.0. The Balaban J connectivity index is 2.96. The molecule has 0 aromatic heterocycles. The zero-order chi connectivity index (χ0) is 30.7. The molecule has 0 radical (unpaired) electrons. The van der Waals surface area contributed by atoms with Crippen LogP contribution in [0.1, 0.15) is 212 Å². The molecule has 1 aromatic rings. The Morgan fingerprint density at radius 1 is 0.488 bits per heavy atom. The van der Waals surface area contributed by atoms with Crippen LogP contribution in [-0.2, 0) is 23.7 Å². The van der Waals surface area contributed by atoms with Crippen molar-refractivity contribution in [3.63, 3.8) is 0 Å². The fourth-order valence-corrected chi connectivity index (χ4v) is 7.00. The molecule has 238 valence electrons. The molecule has 0 unspecified atom stereocenters. The lowest BCUT2D eigenvalue weighted by atomic mass is 9.71. The molecule has 41 heavy (non-hydrogen) atoms. The summed E-state index contributed by atoms with van der Waals surface area (Å²) in [7, 11) is 0. The minimum absolute atomic E-state index is 0.124. The van der Waals surface area contributed by atoms with Gasteiger partial charge in [0.15, 0.2) is 0 Å². The highest BCUT2D eigenvalue weighted by atomic mass is 32.1. The number of unbranched alkanes of at least 4 members (excludes halogenated alkanes) is 18. The Morgan fingerprint density at radius 2 is 0.756 bits per heavy atom. The van der Waals surface area contributed by atoms with E-state index in [-0.39, 0.29) is 10.8 Å². The molecule has 0 saturated carbocycles. The third kappa shape index (κ3) is 14.4. The summed E-state index contributed by atoms with van der Waals surface area (Å²) >= 11 is 5.75. The van der Waals surface area contributed by atoms with Gasteiger partial charge in [0.25, 0.3) is 0 Å². The molecule has 0 heterocycles. The zero-order valence-electron chi connectivity index (χ0n) is 29.0. The van der Waals surface area contributed by atoms with E-state index < -0.39 is 0 Å². The summed E-state index contributed by atoms with van der Waals surface area (Å²) in [6.07, 6.45) is 28.9. The van der Waals surface area contributed by atoms with E-state index in [4.69, 9.17) is 12.2 Å². The van der Waals surface area contributed by atoms with Crippen LogP contribution in [0.15, 0.2) is 0 Å². The number of phenolic OH excluding ortho intramolecular Hbond substituents is 1. The number of thiocarbonyl (C=S) groups is 1. The van der Waals surface area contributed by atoms with Crippen LogP contribution in [0, 0.1) is 0 Å². The zero-order valence-corrected chi connectivity index (χ0v) is 29.8. The maximum atomic E-state index is 11.9. The summed E-state index contributed by atoms with van der Waals surface area (Å²) in [6, 6.07) is 0. The van der Waals surface area contributed by atoms with Crippen molar-refractivity contribution < 1.29 is 5.11 Å². The lowest BCUT2D eigenvalue weighted by Gasteiger charge is -2.34. The average Bonchev–Trinajstić information content (AvgIpc) is 2.89. The van der Waals surface area contributed by atoms with Gasteiger partial charge in [-0.05, 0) is 53.2 Å². The third-order valence-corrected chi connectivity index (χ3v) is 9.14. The second-order valence-corrected chi connectivity index (χ2v) is 15.2. The molecule has 1 N–H and O–H groups in total. The van der Waals surface area contributed by atoms with E-state index >= 15 is 0 Å². The first-order valence-electron chi connectivity index (χ1n) is 17.9. The van der Waals surface area contributed by atoms with Gasteiger partial charge in [0.05, 0.1) is 0 Å². The van der Waals surface area contributed by atoms with Gasteiger partial charge in [0.2, 0.25) is 0 Å². The van der Waals surface area contributed by atoms with E-state index in [9.17, 15) is 5.11 Å². The molecule has 0 bridgehead atoms. The Kier molecular flexibility index (Phi) is 19.5. The molecule has 1 rings (SSSR count). The van der Waals surface area contributed by atoms with Gasteiger partial charge in [-0.2, -0.15) is 0 Å². The van der Waals surface area contributed by atoms with Gasteiger partial charge in [-0.15, -0.1) is 0 Å². The minimum atomic E-state index is -0.124. The molecule has 0 saturated heterocycles. The number of hydrogen-bond acceptors (Lipinski definition) is 2. The standard InChI is InChI=1S/C39H70OS/c1-9-11-13-15-17-19-21-23-25-27-29-32-34(31-41)33(30-28-26-24-22-20-18-16-14-12-10-2)36(39(6,7)8)37(40)35(32)38(3,4)5/h31,40H,9-30H2,1-8H3. The van der Waals surface area contributed by atoms with Crippen molar-refractivity contribution in [2.24, 2.45) is 0 Å². The molecule has 0 amide bonds. The van der Waals surface area contributed by atoms with Crippen molar-refractivity contribution in [3.8, 4) is 5.75 Å². The van der Waals surface area contributed by atoms with E-state index in [1.165, 1.54) is 145 Å². The van der Waals surface area contributed by atoms with Crippen LogP contribution in [0.2, 0.25) is 0 Å². The van der Waals surface area contributed by atoms with Gasteiger partial charge >= 0.3 is 0 Å². The second kappa shape index (κ2) is 20.9. The van der Waals surface area contributed by atoms with Crippen molar-refractivity contribution >= 4 is 17.6 Å². The van der Waals surface area contributed by atoms with Crippen LogP contribution in [-0.4, -0.2) is 10.5 Å². The average molecular weight is 587 g/mol. The number of rotatable bonds is 23. The van der Waals surface area contributed by atoms with E-state index in [2.05, 4.69) is 55.4 Å². The highest BCUT2D eigenvalue weighted by Gasteiger charge is 2.33. The Bertz CT molecular complexity index is 776. The first kappa shape index (κ1) is 38.1. The lowest BCUT2D eigenvalue weighted by Crippen LogP contribution is -2.24. The monoisotopic (exact) mass is 587 g/mol. The predicted molar refractivity (Wildman–Crippen MR) is 189 cm³/mol. The largest absolute Gasteiger partial charge is 0.507 e. The van der Waals surface area contributed by atoms with Gasteiger partial charge in [0, 0.05) is 16.5 Å².